The molecule has 1 aliphatic rings. The second-order valence-electron chi connectivity index (χ2n) is 7.41. The summed E-state index contributed by atoms with van der Waals surface area (Å²) in [5.74, 6) is -0.154. The Bertz CT molecular complexity index is 494. The van der Waals surface area contributed by atoms with E-state index in [1.807, 2.05) is 12.1 Å². The third-order valence-electron chi connectivity index (χ3n) is 3.77. The lowest BCUT2D eigenvalue weighted by Gasteiger charge is -2.43. The van der Waals surface area contributed by atoms with E-state index in [0.717, 1.165) is 12.1 Å². The van der Waals surface area contributed by atoms with Gasteiger partial charge in [0, 0.05) is 18.6 Å². The van der Waals surface area contributed by atoms with Crippen LogP contribution >= 0.6 is 0 Å². The molecule has 0 bridgehead atoms. The molecule has 0 spiro atoms. The van der Waals surface area contributed by atoms with Crippen molar-refractivity contribution in [3.63, 3.8) is 0 Å². The van der Waals surface area contributed by atoms with Crippen molar-refractivity contribution >= 4 is 5.69 Å². The molecule has 1 N–H and O–H groups in total. The molecule has 0 aromatic heterocycles. The Morgan fingerprint density at radius 3 is 2.62 bits per heavy atom. The fourth-order valence-electron chi connectivity index (χ4n) is 2.55. The molecule has 1 aromatic rings. The molecule has 0 amide bonds. The van der Waals surface area contributed by atoms with E-state index in [0.29, 0.717) is 25.4 Å². The standard InChI is InChI=1S/C17H27FN2O/c1-16(2,3)19-11-13-6-7-15(14(18)10-13)20-8-9-21-12-17(20,4)5/h6-7,10,19H,8-9,11-12H2,1-5H3. The zero-order valence-electron chi connectivity index (χ0n) is 13.8. The van der Waals surface area contributed by atoms with Crippen LogP contribution in [0.15, 0.2) is 18.2 Å². The van der Waals surface area contributed by atoms with Crippen LogP contribution in [0.4, 0.5) is 10.1 Å². The summed E-state index contributed by atoms with van der Waals surface area (Å²) in [5, 5.41) is 3.38. The highest BCUT2D eigenvalue weighted by Crippen LogP contribution is 2.29. The molecule has 0 aliphatic carbocycles. The minimum atomic E-state index is -0.176. The molecule has 0 unspecified atom stereocenters. The topological polar surface area (TPSA) is 24.5 Å². The average Bonchev–Trinajstić information content (AvgIpc) is 2.36. The Balaban J connectivity index is 2.15. The lowest BCUT2D eigenvalue weighted by atomic mass is 10.0. The maximum atomic E-state index is 14.5. The first-order valence-electron chi connectivity index (χ1n) is 7.58. The number of hydrogen-bond donors (Lipinski definition) is 1. The molecule has 4 heteroatoms. The molecule has 0 atom stereocenters. The van der Waals surface area contributed by atoms with Gasteiger partial charge in [0.25, 0.3) is 0 Å². The second-order valence-corrected chi connectivity index (χ2v) is 7.41. The van der Waals surface area contributed by atoms with E-state index in [1.165, 1.54) is 0 Å². The number of nitrogens with one attached hydrogen (secondary N) is 1. The number of halogens is 1. The zero-order chi connectivity index (χ0) is 15.7. The van der Waals surface area contributed by atoms with Crippen LogP contribution in [-0.4, -0.2) is 30.8 Å². The first kappa shape index (κ1) is 16.2. The van der Waals surface area contributed by atoms with Crippen LogP contribution in [0.2, 0.25) is 0 Å². The van der Waals surface area contributed by atoms with Crippen LogP contribution in [-0.2, 0) is 11.3 Å². The molecule has 1 fully saturated rings. The summed E-state index contributed by atoms with van der Waals surface area (Å²) in [6, 6.07) is 5.53. The summed E-state index contributed by atoms with van der Waals surface area (Å²) in [6.07, 6.45) is 0. The smallest absolute Gasteiger partial charge is 0.146 e. The van der Waals surface area contributed by atoms with Gasteiger partial charge in [-0.2, -0.15) is 0 Å². The van der Waals surface area contributed by atoms with Crippen LogP contribution in [0, 0.1) is 5.82 Å². The molecule has 1 heterocycles. The molecule has 1 saturated heterocycles. The van der Waals surface area contributed by atoms with Crippen LogP contribution in [0.3, 0.4) is 0 Å². The van der Waals surface area contributed by atoms with Crippen LogP contribution in [0.5, 0.6) is 0 Å². The highest BCUT2D eigenvalue weighted by atomic mass is 19.1. The minimum Gasteiger partial charge on any atom is -0.377 e. The monoisotopic (exact) mass is 294 g/mol. The Labute approximate surface area is 127 Å². The molecule has 0 saturated carbocycles. The van der Waals surface area contributed by atoms with Gasteiger partial charge in [-0.05, 0) is 52.3 Å². The van der Waals surface area contributed by atoms with E-state index in [4.69, 9.17) is 4.74 Å². The molecule has 1 aliphatic heterocycles. The summed E-state index contributed by atoms with van der Waals surface area (Å²) in [4.78, 5) is 2.10. The highest BCUT2D eigenvalue weighted by molar-refractivity contribution is 5.51. The van der Waals surface area contributed by atoms with E-state index in [-0.39, 0.29) is 16.9 Å². The molecular weight excluding hydrogens is 267 g/mol. The molecule has 21 heavy (non-hydrogen) atoms. The third-order valence-corrected chi connectivity index (χ3v) is 3.77. The first-order valence-corrected chi connectivity index (χ1v) is 7.58. The first-order chi connectivity index (χ1) is 9.69. The van der Waals surface area contributed by atoms with Crippen LogP contribution in [0.1, 0.15) is 40.2 Å². The molecule has 1 aromatic carbocycles. The Morgan fingerprint density at radius 2 is 2.05 bits per heavy atom. The average molecular weight is 294 g/mol. The summed E-state index contributed by atoms with van der Waals surface area (Å²) >= 11 is 0. The summed E-state index contributed by atoms with van der Waals surface area (Å²) in [7, 11) is 0. The van der Waals surface area contributed by atoms with Gasteiger partial charge >= 0.3 is 0 Å². The predicted octanol–water partition coefficient (Wildman–Crippen LogP) is 3.33. The minimum absolute atomic E-state index is 0.0291. The Hall–Kier alpha value is -1.13. The maximum Gasteiger partial charge on any atom is 0.146 e. The molecule has 3 nitrogen and oxygen atoms in total. The van der Waals surface area contributed by atoms with Crippen molar-refractivity contribution in [3.05, 3.63) is 29.6 Å². The van der Waals surface area contributed by atoms with Gasteiger partial charge in [0.05, 0.1) is 24.4 Å². The second kappa shape index (κ2) is 5.93. The zero-order valence-corrected chi connectivity index (χ0v) is 13.8. The number of morpholine rings is 1. The van der Waals surface area contributed by atoms with Crippen molar-refractivity contribution in [1.82, 2.24) is 5.32 Å². The van der Waals surface area contributed by atoms with E-state index in [1.54, 1.807) is 6.07 Å². The number of ether oxygens (including phenoxy) is 1. The van der Waals surface area contributed by atoms with E-state index in [2.05, 4.69) is 44.8 Å². The van der Waals surface area contributed by atoms with Gasteiger partial charge in [0.2, 0.25) is 0 Å². The SMILES string of the molecule is CC(C)(C)NCc1ccc(N2CCOCC2(C)C)c(F)c1. The summed E-state index contributed by atoms with van der Waals surface area (Å²) < 4.78 is 20.0. The quantitative estimate of drug-likeness (QED) is 0.925. The molecule has 0 radical (unpaired) electrons. The van der Waals surface area contributed by atoms with E-state index in [9.17, 15) is 4.39 Å². The van der Waals surface area contributed by atoms with Crippen molar-refractivity contribution in [2.45, 2.75) is 52.2 Å². The number of benzene rings is 1. The highest BCUT2D eigenvalue weighted by Gasteiger charge is 2.32. The fourth-order valence-corrected chi connectivity index (χ4v) is 2.55. The van der Waals surface area contributed by atoms with Gasteiger partial charge in [0.1, 0.15) is 5.82 Å². The summed E-state index contributed by atoms with van der Waals surface area (Å²) in [5.41, 5.74) is 1.49. The van der Waals surface area contributed by atoms with Gasteiger partial charge < -0.3 is 15.0 Å². The number of rotatable bonds is 3. The molecule has 118 valence electrons. The number of anilines is 1. The van der Waals surface area contributed by atoms with Gasteiger partial charge in [0.15, 0.2) is 0 Å². The van der Waals surface area contributed by atoms with Crippen molar-refractivity contribution in [1.29, 1.82) is 0 Å². The number of hydrogen-bond acceptors (Lipinski definition) is 3. The third kappa shape index (κ3) is 4.17. The Morgan fingerprint density at radius 1 is 1.33 bits per heavy atom. The van der Waals surface area contributed by atoms with Crippen LogP contribution < -0.4 is 10.2 Å². The van der Waals surface area contributed by atoms with Crippen molar-refractivity contribution in [2.75, 3.05) is 24.7 Å². The lowest BCUT2D eigenvalue weighted by molar-refractivity contribution is 0.0640. The van der Waals surface area contributed by atoms with Crippen molar-refractivity contribution < 1.29 is 9.13 Å². The van der Waals surface area contributed by atoms with Gasteiger partial charge in [-0.15, -0.1) is 0 Å². The number of nitrogens with zero attached hydrogens (tertiary/aromatic N) is 1. The predicted molar refractivity (Wildman–Crippen MR) is 85.2 cm³/mol. The maximum absolute atomic E-state index is 14.5. The van der Waals surface area contributed by atoms with Gasteiger partial charge in [-0.25, -0.2) is 4.39 Å². The van der Waals surface area contributed by atoms with Gasteiger partial charge in [-0.3, -0.25) is 0 Å². The summed E-state index contributed by atoms with van der Waals surface area (Å²) in [6.45, 7) is 13.2. The van der Waals surface area contributed by atoms with E-state index < -0.39 is 0 Å². The Kier molecular flexibility index (Phi) is 4.59. The lowest BCUT2D eigenvalue weighted by Crippen LogP contribution is -2.53. The van der Waals surface area contributed by atoms with Gasteiger partial charge in [-0.1, -0.05) is 6.07 Å². The fraction of sp³-hybridized carbons (Fsp3) is 0.647. The molecule has 2 rings (SSSR count). The van der Waals surface area contributed by atoms with Crippen molar-refractivity contribution in [3.8, 4) is 0 Å². The molecular formula is C17H27FN2O. The normalized spacial score (nSPS) is 18.9. The van der Waals surface area contributed by atoms with Crippen molar-refractivity contribution in [2.24, 2.45) is 0 Å². The van der Waals surface area contributed by atoms with Crippen LogP contribution in [0.25, 0.3) is 0 Å². The largest absolute Gasteiger partial charge is 0.377 e. The van der Waals surface area contributed by atoms with E-state index >= 15 is 0 Å².